The number of aryl methyl sites for hydroxylation is 1. The van der Waals surface area contributed by atoms with Crippen LogP contribution in [-0.4, -0.2) is 56.2 Å². The SMILES string of the molecule is Bc1ccc2[nH]c([C@H](CO)NC(=O)c3ccc(N4CCCCS4(=O)=O)c(C)c3)nc2c1. The summed E-state index contributed by atoms with van der Waals surface area (Å²) in [7, 11) is -1.35. The summed E-state index contributed by atoms with van der Waals surface area (Å²) in [6.07, 6.45) is 1.48. The zero-order valence-corrected chi connectivity index (χ0v) is 18.4. The van der Waals surface area contributed by atoms with Gasteiger partial charge in [0.25, 0.3) is 5.91 Å². The zero-order valence-electron chi connectivity index (χ0n) is 17.6. The van der Waals surface area contributed by atoms with Gasteiger partial charge in [-0.1, -0.05) is 11.5 Å². The van der Waals surface area contributed by atoms with E-state index in [-0.39, 0.29) is 18.3 Å². The predicted molar refractivity (Wildman–Crippen MR) is 123 cm³/mol. The third-order valence-electron chi connectivity index (χ3n) is 5.55. The Morgan fingerprint density at radius 1 is 1.29 bits per heavy atom. The van der Waals surface area contributed by atoms with E-state index in [4.69, 9.17) is 0 Å². The molecule has 31 heavy (non-hydrogen) atoms. The third kappa shape index (κ3) is 4.31. The fourth-order valence-corrected chi connectivity index (χ4v) is 5.58. The van der Waals surface area contributed by atoms with Crippen molar-refractivity contribution < 1.29 is 18.3 Å². The van der Waals surface area contributed by atoms with Crippen LogP contribution in [0.3, 0.4) is 0 Å². The summed E-state index contributed by atoms with van der Waals surface area (Å²) in [6.45, 7) is 1.93. The van der Waals surface area contributed by atoms with Crippen LogP contribution in [0, 0.1) is 6.92 Å². The molecule has 0 spiro atoms. The number of carbonyl (C=O) groups is 1. The molecule has 0 saturated carbocycles. The molecule has 3 aromatic rings. The number of benzene rings is 2. The molecule has 10 heteroatoms. The number of aromatic amines is 1. The number of carbonyl (C=O) groups excluding carboxylic acids is 1. The zero-order chi connectivity index (χ0) is 22.2. The lowest BCUT2D eigenvalue weighted by molar-refractivity contribution is 0.0913. The van der Waals surface area contributed by atoms with Gasteiger partial charge in [-0.25, -0.2) is 13.4 Å². The maximum Gasteiger partial charge on any atom is 0.251 e. The molecule has 1 fully saturated rings. The molecule has 2 heterocycles. The molecule has 8 nitrogen and oxygen atoms in total. The van der Waals surface area contributed by atoms with Crippen molar-refractivity contribution in [1.82, 2.24) is 15.3 Å². The van der Waals surface area contributed by atoms with E-state index in [1.807, 2.05) is 26.0 Å². The molecule has 1 saturated heterocycles. The van der Waals surface area contributed by atoms with E-state index >= 15 is 0 Å². The van der Waals surface area contributed by atoms with E-state index in [0.29, 0.717) is 35.6 Å². The number of rotatable bonds is 5. The highest BCUT2D eigenvalue weighted by atomic mass is 32.2. The Morgan fingerprint density at radius 3 is 2.81 bits per heavy atom. The molecule has 162 valence electrons. The van der Waals surface area contributed by atoms with E-state index in [9.17, 15) is 18.3 Å². The van der Waals surface area contributed by atoms with Crippen LogP contribution >= 0.6 is 0 Å². The molecule has 2 aromatic carbocycles. The van der Waals surface area contributed by atoms with E-state index in [1.54, 1.807) is 25.1 Å². The number of aliphatic hydroxyl groups is 1. The summed E-state index contributed by atoms with van der Waals surface area (Å²) in [5.74, 6) is 0.250. The minimum Gasteiger partial charge on any atom is -0.394 e. The maximum absolute atomic E-state index is 12.8. The molecule has 1 amide bonds. The summed E-state index contributed by atoms with van der Waals surface area (Å²) in [4.78, 5) is 20.5. The van der Waals surface area contributed by atoms with Crippen molar-refractivity contribution in [3.05, 3.63) is 53.3 Å². The maximum atomic E-state index is 12.8. The van der Waals surface area contributed by atoms with Crippen LogP contribution in [0.25, 0.3) is 11.0 Å². The highest BCUT2D eigenvalue weighted by Crippen LogP contribution is 2.28. The Bertz CT molecular complexity index is 1240. The molecule has 1 aromatic heterocycles. The van der Waals surface area contributed by atoms with Crippen molar-refractivity contribution in [2.75, 3.05) is 23.2 Å². The van der Waals surface area contributed by atoms with Gasteiger partial charge < -0.3 is 15.4 Å². The first-order valence-corrected chi connectivity index (χ1v) is 11.9. The fraction of sp³-hybridized carbons (Fsp3) is 0.333. The molecular formula is C21H25BN4O4S. The molecule has 1 atom stereocenters. The lowest BCUT2D eigenvalue weighted by Gasteiger charge is -2.29. The van der Waals surface area contributed by atoms with Crippen LogP contribution in [0.4, 0.5) is 5.69 Å². The predicted octanol–water partition coefficient (Wildman–Crippen LogP) is 0.523. The first-order valence-electron chi connectivity index (χ1n) is 10.3. The summed E-state index contributed by atoms with van der Waals surface area (Å²) in [5, 5.41) is 12.6. The van der Waals surface area contributed by atoms with Crippen molar-refractivity contribution in [2.45, 2.75) is 25.8 Å². The van der Waals surface area contributed by atoms with Crippen LogP contribution in [0.2, 0.25) is 0 Å². The Kier molecular flexibility index (Phi) is 5.76. The highest BCUT2D eigenvalue weighted by molar-refractivity contribution is 7.92. The second kappa shape index (κ2) is 8.35. The number of hydrogen-bond donors (Lipinski definition) is 3. The first-order chi connectivity index (χ1) is 14.8. The van der Waals surface area contributed by atoms with Crippen molar-refractivity contribution >= 4 is 46.0 Å². The molecule has 0 aliphatic carbocycles. The van der Waals surface area contributed by atoms with E-state index in [0.717, 1.165) is 22.9 Å². The fourth-order valence-electron chi connectivity index (χ4n) is 3.88. The number of aromatic nitrogens is 2. The average Bonchev–Trinajstić information content (AvgIpc) is 3.14. The summed E-state index contributed by atoms with van der Waals surface area (Å²) in [6, 6.07) is 10.1. The van der Waals surface area contributed by atoms with Crippen LogP contribution in [-0.2, 0) is 10.0 Å². The quantitative estimate of drug-likeness (QED) is 0.501. The number of nitrogens with one attached hydrogen (secondary N) is 2. The Labute approximate surface area is 182 Å². The molecule has 0 radical (unpaired) electrons. The Balaban J connectivity index is 1.55. The number of aliphatic hydroxyl groups excluding tert-OH is 1. The second-order valence-electron chi connectivity index (χ2n) is 7.95. The number of sulfonamides is 1. The Morgan fingerprint density at radius 2 is 2.10 bits per heavy atom. The lowest BCUT2D eigenvalue weighted by Crippen LogP contribution is -2.38. The molecule has 4 rings (SSSR count). The summed E-state index contributed by atoms with van der Waals surface area (Å²) >= 11 is 0. The van der Waals surface area contributed by atoms with Crippen LogP contribution in [0.1, 0.15) is 40.6 Å². The van der Waals surface area contributed by atoms with Gasteiger partial charge in [-0.05, 0) is 55.7 Å². The van der Waals surface area contributed by atoms with Gasteiger partial charge in [0.2, 0.25) is 10.0 Å². The van der Waals surface area contributed by atoms with Gasteiger partial charge in [0.05, 0.1) is 29.1 Å². The van der Waals surface area contributed by atoms with Crippen molar-refractivity contribution in [3.63, 3.8) is 0 Å². The van der Waals surface area contributed by atoms with Gasteiger partial charge in [-0.15, -0.1) is 0 Å². The number of anilines is 1. The highest BCUT2D eigenvalue weighted by Gasteiger charge is 2.27. The average molecular weight is 440 g/mol. The normalized spacial score (nSPS) is 16.9. The minimum absolute atomic E-state index is 0.143. The first kappa shape index (κ1) is 21.4. The lowest BCUT2D eigenvalue weighted by atomic mass is 9.96. The molecule has 1 aliphatic heterocycles. The molecule has 0 unspecified atom stereocenters. The summed E-state index contributed by atoms with van der Waals surface area (Å²) in [5.41, 5.74) is 4.37. The minimum atomic E-state index is -3.32. The molecule has 1 aliphatic rings. The number of nitrogens with zero attached hydrogens (tertiary/aromatic N) is 2. The van der Waals surface area contributed by atoms with E-state index < -0.39 is 16.1 Å². The largest absolute Gasteiger partial charge is 0.394 e. The smallest absolute Gasteiger partial charge is 0.251 e. The molecule has 0 bridgehead atoms. The van der Waals surface area contributed by atoms with Crippen LogP contribution in [0.5, 0.6) is 0 Å². The van der Waals surface area contributed by atoms with Crippen LogP contribution in [0.15, 0.2) is 36.4 Å². The van der Waals surface area contributed by atoms with Crippen molar-refractivity contribution in [1.29, 1.82) is 0 Å². The number of H-pyrrole nitrogens is 1. The van der Waals surface area contributed by atoms with Gasteiger partial charge in [-0.2, -0.15) is 0 Å². The number of imidazole rings is 1. The van der Waals surface area contributed by atoms with Crippen molar-refractivity contribution in [3.8, 4) is 0 Å². The van der Waals surface area contributed by atoms with Gasteiger partial charge in [0.15, 0.2) is 0 Å². The van der Waals surface area contributed by atoms with Gasteiger partial charge in [0, 0.05) is 12.1 Å². The second-order valence-corrected chi connectivity index (χ2v) is 9.96. The van der Waals surface area contributed by atoms with E-state index in [1.165, 1.54) is 4.31 Å². The van der Waals surface area contributed by atoms with Gasteiger partial charge in [-0.3, -0.25) is 9.10 Å². The van der Waals surface area contributed by atoms with Gasteiger partial charge >= 0.3 is 0 Å². The summed E-state index contributed by atoms with van der Waals surface area (Å²) < 4.78 is 26.2. The van der Waals surface area contributed by atoms with Gasteiger partial charge in [0.1, 0.15) is 19.7 Å². The van der Waals surface area contributed by atoms with Crippen molar-refractivity contribution in [2.24, 2.45) is 0 Å². The Hall–Kier alpha value is -2.85. The standard InChI is InChI=1S/C21H25BN4O4S/c1-13-10-14(4-7-19(13)26-8-2-3-9-31(26,29)30)21(28)25-18(12-27)20-23-16-6-5-15(22)11-17(16)24-20/h4-7,10-11,18,27H,2-3,8-9,12,22H2,1H3,(H,23,24)(H,25,28)/t18-/m0/s1. The molecule has 3 N–H and O–H groups in total. The van der Waals surface area contributed by atoms with E-state index in [2.05, 4.69) is 15.3 Å². The molecular weight excluding hydrogens is 415 g/mol. The number of amides is 1. The number of hydrogen-bond acceptors (Lipinski definition) is 5. The topological polar surface area (TPSA) is 115 Å². The third-order valence-corrected chi connectivity index (χ3v) is 7.41. The van der Waals surface area contributed by atoms with Crippen LogP contribution < -0.4 is 15.1 Å². The monoisotopic (exact) mass is 440 g/mol. The number of fused-ring (bicyclic) bond motifs is 1.